The number of aliphatic carboxylic acids is 1. The number of thiazole rings is 1. The molecule has 0 amide bonds. The fourth-order valence-corrected chi connectivity index (χ4v) is 4.23. The summed E-state index contributed by atoms with van der Waals surface area (Å²) in [6, 6.07) is 1.77. The summed E-state index contributed by atoms with van der Waals surface area (Å²) in [5.41, 5.74) is 2.44. The number of anilines is 1. The molecule has 2 N–H and O–H groups in total. The van der Waals surface area contributed by atoms with Crippen LogP contribution in [0.5, 0.6) is 0 Å². The monoisotopic (exact) mass is 422 g/mol. The SMILES string of the molecule is C/C(F)=C\C=C(/C)c1ccnc(NCCc2csc(SC(C)(C)C(=O)O)n2)n1. The van der Waals surface area contributed by atoms with Gasteiger partial charge in [-0.05, 0) is 45.4 Å². The normalized spacial score (nSPS) is 12.9. The van der Waals surface area contributed by atoms with Crippen LogP contribution in [0, 0.1) is 0 Å². The largest absolute Gasteiger partial charge is 0.480 e. The van der Waals surface area contributed by atoms with Crippen LogP contribution in [0.3, 0.4) is 0 Å². The Hall–Kier alpha value is -2.26. The number of carbonyl (C=O) groups is 1. The molecule has 0 saturated carbocycles. The van der Waals surface area contributed by atoms with E-state index in [9.17, 15) is 14.3 Å². The number of carboxylic acid groups (broad SMARTS) is 1. The smallest absolute Gasteiger partial charge is 0.319 e. The van der Waals surface area contributed by atoms with Gasteiger partial charge in [0.2, 0.25) is 5.95 Å². The zero-order valence-corrected chi connectivity index (χ0v) is 17.8. The van der Waals surface area contributed by atoms with Crippen LogP contribution < -0.4 is 5.32 Å². The Balaban J connectivity index is 1.92. The summed E-state index contributed by atoms with van der Waals surface area (Å²) in [5.74, 6) is -0.642. The third-order valence-electron chi connectivity index (χ3n) is 3.68. The van der Waals surface area contributed by atoms with E-state index in [0.29, 0.717) is 18.9 Å². The predicted molar refractivity (Wildman–Crippen MR) is 112 cm³/mol. The Morgan fingerprint density at radius 2 is 2.11 bits per heavy atom. The molecule has 6 nitrogen and oxygen atoms in total. The van der Waals surface area contributed by atoms with Crippen molar-refractivity contribution < 1.29 is 14.3 Å². The van der Waals surface area contributed by atoms with Gasteiger partial charge >= 0.3 is 5.97 Å². The topological polar surface area (TPSA) is 88.0 Å². The van der Waals surface area contributed by atoms with Gasteiger partial charge < -0.3 is 10.4 Å². The molecule has 0 aliphatic carbocycles. The lowest BCUT2D eigenvalue weighted by Gasteiger charge is -2.15. The fraction of sp³-hybridized carbons (Fsp3) is 0.368. The standard InChI is InChI=1S/C19H23FN4O2S2/c1-12(5-6-13(2)20)15-8-10-22-17(24-15)21-9-7-14-11-27-18(23-14)28-19(3,4)16(25)26/h5-6,8,10-11H,7,9H2,1-4H3,(H,25,26)(H,21,22,24)/b12-5+,13-6+. The molecule has 0 bridgehead atoms. The van der Waals surface area contributed by atoms with Crippen LogP contribution in [0.2, 0.25) is 0 Å². The number of rotatable bonds is 9. The molecule has 0 aliphatic rings. The van der Waals surface area contributed by atoms with Crippen molar-refractivity contribution in [2.24, 2.45) is 0 Å². The number of carboxylic acids is 1. The molecule has 2 heterocycles. The fourth-order valence-electron chi connectivity index (χ4n) is 2.00. The molecule has 150 valence electrons. The van der Waals surface area contributed by atoms with Gasteiger partial charge in [0.25, 0.3) is 0 Å². The number of nitrogens with one attached hydrogen (secondary N) is 1. The molecule has 0 fully saturated rings. The van der Waals surface area contributed by atoms with E-state index in [1.807, 2.05) is 12.3 Å². The van der Waals surface area contributed by atoms with Crippen LogP contribution >= 0.6 is 23.1 Å². The minimum Gasteiger partial charge on any atom is -0.480 e. The van der Waals surface area contributed by atoms with Crippen molar-refractivity contribution in [2.45, 2.75) is 43.2 Å². The van der Waals surface area contributed by atoms with E-state index in [-0.39, 0.29) is 5.83 Å². The highest BCUT2D eigenvalue weighted by molar-refractivity contribution is 8.02. The summed E-state index contributed by atoms with van der Waals surface area (Å²) in [6.45, 7) is 7.16. The van der Waals surface area contributed by atoms with Crippen molar-refractivity contribution in [1.29, 1.82) is 0 Å². The van der Waals surface area contributed by atoms with E-state index >= 15 is 0 Å². The molecule has 2 rings (SSSR count). The van der Waals surface area contributed by atoms with Crippen LogP contribution in [0.15, 0.2) is 40.0 Å². The van der Waals surface area contributed by atoms with E-state index in [1.54, 1.807) is 32.2 Å². The first kappa shape index (κ1) is 22.0. The van der Waals surface area contributed by atoms with Crippen molar-refractivity contribution in [2.75, 3.05) is 11.9 Å². The minimum atomic E-state index is -0.914. The average Bonchev–Trinajstić information content (AvgIpc) is 3.06. The van der Waals surface area contributed by atoms with Crippen molar-refractivity contribution in [3.8, 4) is 0 Å². The second-order valence-electron chi connectivity index (χ2n) is 6.57. The molecular weight excluding hydrogens is 399 g/mol. The third-order valence-corrected chi connectivity index (χ3v) is 5.85. The van der Waals surface area contributed by atoms with Gasteiger partial charge in [-0.15, -0.1) is 11.3 Å². The molecule has 0 unspecified atom stereocenters. The third kappa shape index (κ3) is 6.72. The Morgan fingerprint density at radius 1 is 1.36 bits per heavy atom. The second kappa shape index (κ2) is 9.79. The van der Waals surface area contributed by atoms with Gasteiger partial charge in [-0.1, -0.05) is 17.8 Å². The Morgan fingerprint density at radius 3 is 2.79 bits per heavy atom. The van der Waals surface area contributed by atoms with Crippen molar-refractivity contribution >= 4 is 40.6 Å². The highest BCUT2D eigenvalue weighted by atomic mass is 32.2. The van der Waals surface area contributed by atoms with Gasteiger partial charge in [0.05, 0.1) is 17.2 Å². The molecule has 0 saturated heterocycles. The molecule has 0 atom stereocenters. The second-order valence-corrected chi connectivity index (χ2v) is 9.30. The molecule has 0 aromatic carbocycles. The molecule has 0 radical (unpaired) electrons. The maximum Gasteiger partial charge on any atom is 0.319 e. The van der Waals surface area contributed by atoms with Crippen molar-refractivity contribution in [3.05, 3.63) is 47.0 Å². The Labute approximate surface area is 172 Å². The summed E-state index contributed by atoms with van der Waals surface area (Å²) in [5, 5.41) is 14.3. The number of allylic oxidation sites excluding steroid dienone is 4. The predicted octanol–water partition coefficient (Wildman–Crippen LogP) is 4.82. The molecule has 2 aromatic rings. The zero-order valence-electron chi connectivity index (χ0n) is 16.2. The summed E-state index contributed by atoms with van der Waals surface area (Å²) in [4.78, 5) is 24.3. The zero-order chi connectivity index (χ0) is 20.7. The molecule has 2 aromatic heterocycles. The van der Waals surface area contributed by atoms with Gasteiger partial charge in [-0.25, -0.2) is 19.3 Å². The van der Waals surface area contributed by atoms with Gasteiger partial charge in [-0.2, -0.15) is 0 Å². The van der Waals surface area contributed by atoms with Crippen molar-refractivity contribution in [1.82, 2.24) is 15.0 Å². The highest BCUT2D eigenvalue weighted by Gasteiger charge is 2.29. The molecule has 0 aliphatic heterocycles. The number of halogens is 1. The maximum absolute atomic E-state index is 12.9. The first-order chi connectivity index (χ1) is 13.2. The summed E-state index contributed by atoms with van der Waals surface area (Å²) in [6.07, 6.45) is 5.39. The van der Waals surface area contributed by atoms with Crippen LogP contribution in [-0.4, -0.2) is 37.3 Å². The summed E-state index contributed by atoms with van der Waals surface area (Å²) < 4.78 is 12.7. The van der Waals surface area contributed by atoms with Gasteiger partial charge in [-0.3, -0.25) is 4.79 Å². The number of thioether (sulfide) groups is 1. The maximum atomic E-state index is 12.9. The van der Waals surface area contributed by atoms with E-state index in [4.69, 9.17) is 0 Å². The van der Waals surface area contributed by atoms with Crippen LogP contribution in [0.25, 0.3) is 5.57 Å². The number of hydrogen-bond donors (Lipinski definition) is 2. The lowest BCUT2D eigenvalue weighted by molar-refractivity contribution is -0.138. The van der Waals surface area contributed by atoms with Gasteiger partial charge in [0, 0.05) is 24.5 Å². The van der Waals surface area contributed by atoms with E-state index < -0.39 is 10.7 Å². The Kier molecular flexibility index (Phi) is 7.70. The first-order valence-corrected chi connectivity index (χ1v) is 10.3. The number of aromatic nitrogens is 3. The van der Waals surface area contributed by atoms with Gasteiger partial charge in [0.1, 0.15) is 4.75 Å². The van der Waals surface area contributed by atoms with E-state index in [2.05, 4.69) is 20.3 Å². The first-order valence-electron chi connectivity index (χ1n) is 8.62. The lowest BCUT2D eigenvalue weighted by atomic mass is 10.2. The molecule has 9 heteroatoms. The summed E-state index contributed by atoms with van der Waals surface area (Å²) in [7, 11) is 0. The summed E-state index contributed by atoms with van der Waals surface area (Å²) >= 11 is 2.68. The van der Waals surface area contributed by atoms with Crippen LogP contribution in [-0.2, 0) is 11.2 Å². The molecular formula is C19H23FN4O2S2. The van der Waals surface area contributed by atoms with E-state index in [1.165, 1.54) is 36.1 Å². The van der Waals surface area contributed by atoms with Crippen molar-refractivity contribution in [3.63, 3.8) is 0 Å². The van der Waals surface area contributed by atoms with E-state index in [0.717, 1.165) is 21.3 Å². The number of hydrogen-bond acceptors (Lipinski definition) is 7. The molecule has 28 heavy (non-hydrogen) atoms. The lowest BCUT2D eigenvalue weighted by Crippen LogP contribution is -2.26. The van der Waals surface area contributed by atoms with Crippen LogP contribution in [0.1, 0.15) is 39.1 Å². The minimum absolute atomic E-state index is 0.265. The van der Waals surface area contributed by atoms with Crippen LogP contribution in [0.4, 0.5) is 10.3 Å². The highest BCUT2D eigenvalue weighted by Crippen LogP contribution is 2.34. The Bertz CT molecular complexity index is 890. The number of nitrogens with zero attached hydrogens (tertiary/aromatic N) is 3. The average molecular weight is 423 g/mol. The molecule has 0 spiro atoms. The van der Waals surface area contributed by atoms with Gasteiger partial charge in [0.15, 0.2) is 4.34 Å². The quantitative estimate of drug-likeness (QED) is 0.442.